The fourth-order valence-electron chi connectivity index (χ4n) is 0.858. The predicted molar refractivity (Wildman–Crippen MR) is 44.7 cm³/mol. The molecule has 1 aromatic carbocycles. The van der Waals surface area contributed by atoms with Crippen LogP contribution in [-0.2, 0) is 0 Å². The number of halogens is 3. The van der Waals surface area contributed by atoms with Crippen LogP contribution in [0.5, 0.6) is 0 Å². The Balaban J connectivity index is 3.23. The van der Waals surface area contributed by atoms with E-state index in [1.54, 1.807) is 0 Å². The Morgan fingerprint density at radius 1 is 1.33 bits per heavy atom. The monoisotopic (exact) mass is 236 g/mol. The van der Waals surface area contributed by atoms with E-state index in [9.17, 15) is 8.78 Å². The Kier molecular flexibility index (Phi) is 2.80. The molecule has 12 heavy (non-hydrogen) atoms. The summed E-state index contributed by atoms with van der Waals surface area (Å²) >= 11 is 3.02. The first-order chi connectivity index (χ1) is 5.52. The molecule has 0 bridgehead atoms. The van der Waals surface area contributed by atoms with E-state index >= 15 is 0 Å². The minimum Gasteiger partial charge on any atom is -0.389 e. The molecule has 0 radical (unpaired) electrons. The van der Waals surface area contributed by atoms with Crippen LogP contribution in [0.2, 0.25) is 0 Å². The Hall–Kier alpha value is -0.480. The van der Waals surface area contributed by atoms with Gasteiger partial charge < -0.3 is 5.11 Å². The third-order valence-corrected chi connectivity index (χ3v) is 2.18. The quantitative estimate of drug-likeness (QED) is 0.744. The van der Waals surface area contributed by atoms with Crippen LogP contribution >= 0.6 is 15.9 Å². The minimum atomic E-state index is -0.950. The smallest absolute Gasteiger partial charge is 0.159 e. The van der Waals surface area contributed by atoms with Crippen molar-refractivity contribution in [3.63, 3.8) is 0 Å². The van der Waals surface area contributed by atoms with Gasteiger partial charge in [0.2, 0.25) is 0 Å². The molecule has 1 aromatic rings. The van der Waals surface area contributed by atoms with Crippen molar-refractivity contribution in [1.82, 2.24) is 0 Å². The summed E-state index contributed by atoms with van der Waals surface area (Å²) < 4.78 is 25.5. The highest BCUT2D eigenvalue weighted by atomic mass is 79.9. The summed E-state index contributed by atoms with van der Waals surface area (Å²) in [6, 6.07) is 1.97. The highest BCUT2D eigenvalue weighted by Gasteiger charge is 2.11. The second-order valence-corrected chi connectivity index (χ2v) is 3.32. The number of rotatable bonds is 1. The van der Waals surface area contributed by atoms with Crippen LogP contribution in [0.15, 0.2) is 16.6 Å². The zero-order valence-corrected chi connectivity index (χ0v) is 7.90. The molecule has 0 spiro atoms. The fourth-order valence-corrected chi connectivity index (χ4v) is 1.50. The number of hydrogen-bond donors (Lipinski definition) is 1. The first-order valence-corrected chi connectivity index (χ1v) is 4.14. The van der Waals surface area contributed by atoms with Crippen LogP contribution in [0.1, 0.15) is 18.6 Å². The van der Waals surface area contributed by atoms with E-state index in [0.717, 1.165) is 12.1 Å². The van der Waals surface area contributed by atoms with E-state index in [4.69, 9.17) is 5.11 Å². The standard InChI is InChI=1S/C8H7BrF2O/c1-4(12)5-2-7(10)8(11)3-6(5)9/h2-4,12H,1H3. The average Bonchev–Trinajstić information content (AvgIpc) is 1.96. The lowest BCUT2D eigenvalue weighted by atomic mass is 10.1. The number of benzene rings is 1. The highest BCUT2D eigenvalue weighted by molar-refractivity contribution is 9.10. The van der Waals surface area contributed by atoms with Gasteiger partial charge in [-0.25, -0.2) is 8.78 Å². The van der Waals surface area contributed by atoms with Crippen LogP contribution in [0.25, 0.3) is 0 Å². The van der Waals surface area contributed by atoms with Gasteiger partial charge in [-0.3, -0.25) is 0 Å². The highest BCUT2D eigenvalue weighted by Crippen LogP contribution is 2.25. The van der Waals surface area contributed by atoms with E-state index in [1.807, 2.05) is 0 Å². The zero-order valence-electron chi connectivity index (χ0n) is 6.31. The van der Waals surface area contributed by atoms with E-state index < -0.39 is 17.7 Å². The van der Waals surface area contributed by atoms with Crippen molar-refractivity contribution in [1.29, 1.82) is 0 Å². The second kappa shape index (κ2) is 3.49. The van der Waals surface area contributed by atoms with Gasteiger partial charge in [0.25, 0.3) is 0 Å². The Morgan fingerprint density at radius 3 is 2.33 bits per heavy atom. The topological polar surface area (TPSA) is 20.2 Å². The van der Waals surface area contributed by atoms with Crippen molar-refractivity contribution in [2.75, 3.05) is 0 Å². The van der Waals surface area contributed by atoms with Gasteiger partial charge in [-0.2, -0.15) is 0 Å². The largest absolute Gasteiger partial charge is 0.389 e. The van der Waals surface area contributed by atoms with Crippen molar-refractivity contribution in [3.8, 4) is 0 Å². The van der Waals surface area contributed by atoms with Gasteiger partial charge in [0.1, 0.15) is 0 Å². The van der Waals surface area contributed by atoms with Gasteiger partial charge >= 0.3 is 0 Å². The molecule has 0 aromatic heterocycles. The maximum atomic E-state index is 12.6. The SMILES string of the molecule is CC(O)c1cc(F)c(F)cc1Br. The van der Waals surface area contributed by atoms with E-state index in [1.165, 1.54) is 6.92 Å². The molecule has 0 aliphatic rings. The van der Waals surface area contributed by atoms with Gasteiger partial charge in [0.05, 0.1) is 6.10 Å². The van der Waals surface area contributed by atoms with Crippen molar-refractivity contribution in [2.24, 2.45) is 0 Å². The Morgan fingerprint density at radius 2 is 1.83 bits per heavy atom. The molecular formula is C8H7BrF2O. The van der Waals surface area contributed by atoms with Gasteiger partial charge in [-0.05, 0) is 24.6 Å². The third-order valence-electron chi connectivity index (χ3n) is 1.49. The molecule has 1 N–H and O–H groups in total. The van der Waals surface area contributed by atoms with Crippen molar-refractivity contribution >= 4 is 15.9 Å². The summed E-state index contributed by atoms with van der Waals surface area (Å²) in [6.45, 7) is 1.48. The molecule has 1 rings (SSSR count). The predicted octanol–water partition coefficient (Wildman–Crippen LogP) is 2.78. The molecule has 1 atom stereocenters. The van der Waals surface area contributed by atoms with Crippen LogP contribution in [0.4, 0.5) is 8.78 Å². The summed E-state index contributed by atoms with van der Waals surface area (Å²) in [5.41, 5.74) is 0.342. The lowest BCUT2D eigenvalue weighted by Gasteiger charge is -2.07. The van der Waals surface area contributed by atoms with E-state index in [0.29, 0.717) is 10.0 Å². The molecule has 0 aliphatic carbocycles. The molecule has 66 valence electrons. The second-order valence-electron chi connectivity index (χ2n) is 2.46. The number of aliphatic hydroxyl groups excluding tert-OH is 1. The molecule has 0 saturated carbocycles. The van der Waals surface area contributed by atoms with Crippen LogP contribution in [-0.4, -0.2) is 5.11 Å². The summed E-state index contributed by atoms with van der Waals surface area (Å²) in [5.74, 6) is -1.87. The van der Waals surface area contributed by atoms with E-state index in [2.05, 4.69) is 15.9 Å². The van der Waals surface area contributed by atoms with Gasteiger partial charge in [0.15, 0.2) is 11.6 Å². The molecule has 4 heteroatoms. The Labute approximate surface area is 77.2 Å². The molecule has 0 heterocycles. The summed E-state index contributed by atoms with van der Waals surface area (Å²) in [6.07, 6.45) is -0.811. The van der Waals surface area contributed by atoms with Crippen LogP contribution in [0, 0.1) is 11.6 Å². The van der Waals surface area contributed by atoms with Crippen molar-refractivity contribution in [3.05, 3.63) is 33.8 Å². The fraction of sp³-hybridized carbons (Fsp3) is 0.250. The molecule has 0 saturated heterocycles. The van der Waals surface area contributed by atoms with Crippen molar-refractivity contribution in [2.45, 2.75) is 13.0 Å². The molecular weight excluding hydrogens is 230 g/mol. The average molecular weight is 237 g/mol. The maximum Gasteiger partial charge on any atom is 0.159 e. The third kappa shape index (κ3) is 1.81. The van der Waals surface area contributed by atoms with Gasteiger partial charge in [-0.1, -0.05) is 15.9 Å². The lowest BCUT2D eigenvalue weighted by Crippen LogP contribution is -1.95. The number of hydrogen-bond acceptors (Lipinski definition) is 1. The summed E-state index contributed by atoms with van der Waals surface area (Å²) in [7, 11) is 0. The number of aliphatic hydroxyl groups is 1. The van der Waals surface area contributed by atoms with Crippen LogP contribution < -0.4 is 0 Å². The van der Waals surface area contributed by atoms with Gasteiger partial charge in [-0.15, -0.1) is 0 Å². The summed E-state index contributed by atoms with van der Waals surface area (Å²) in [5, 5.41) is 9.10. The zero-order chi connectivity index (χ0) is 9.30. The first kappa shape index (κ1) is 9.61. The molecule has 1 unspecified atom stereocenters. The van der Waals surface area contributed by atoms with Crippen molar-refractivity contribution < 1.29 is 13.9 Å². The molecule has 0 amide bonds. The first-order valence-electron chi connectivity index (χ1n) is 3.35. The normalized spacial score (nSPS) is 13.1. The lowest BCUT2D eigenvalue weighted by molar-refractivity contribution is 0.197. The van der Waals surface area contributed by atoms with Gasteiger partial charge in [0, 0.05) is 4.47 Å². The summed E-state index contributed by atoms with van der Waals surface area (Å²) in [4.78, 5) is 0. The molecule has 0 aliphatic heterocycles. The van der Waals surface area contributed by atoms with E-state index in [-0.39, 0.29) is 0 Å². The van der Waals surface area contributed by atoms with Crippen LogP contribution in [0.3, 0.4) is 0 Å². The molecule has 1 nitrogen and oxygen atoms in total. The Bertz CT molecular complexity index is 299. The molecule has 0 fully saturated rings. The maximum absolute atomic E-state index is 12.6. The minimum absolute atomic E-state index is 0.342.